The van der Waals surface area contributed by atoms with Gasteiger partial charge in [-0.1, -0.05) is 12.1 Å². The Morgan fingerprint density at radius 2 is 2.00 bits per heavy atom. The van der Waals surface area contributed by atoms with Crippen LogP contribution in [0.15, 0.2) is 30.5 Å². The minimum Gasteiger partial charge on any atom is -0.508 e. The molecule has 1 rings (SSSR count). The van der Waals surface area contributed by atoms with Gasteiger partial charge in [0.1, 0.15) is 5.75 Å². The maximum atomic E-state index is 10.1. The van der Waals surface area contributed by atoms with E-state index in [1.165, 1.54) is 12.1 Å². The molecule has 0 aliphatic rings. The predicted octanol–water partition coefficient (Wildman–Crippen LogP) is 2.03. The van der Waals surface area contributed by atoms with E-state index >= 15 is 0 Å². The lowest BCUT2D eigenvalue weighted by atomic mass is 10.1. The summed E-state index contributed by atoms with van der Waals surface area (Å²) in [6.45, 7) is 1.65. The summed E-state index contributed by atoms with van der Waals surface area (Å²) in [5, 5.41) is 19.1. The first kappa shape index (κ1) is 9.25. The third-order valence-corrected chi connectivity index (χ3v) is 1.62. The van der Waals surface area contributed by atoms with Crippen LogP contribution in [0.25, 0.3) is 5.57 Å². The van der Waals surface area contributed by atoms with Crippen LogP contribution in [0.3, 0.4) is 0 Å². The van der Waals surface area contributed by atoms with Crippen molar-refractivity contribution in [1.29, 1.82) is 0 Å². The zero-order valence-corrected chi connectivity index (χ0v) is 7.10. The summed E-state index contributed by atoms with van der Waals surface area (Å²) in [7, 11) is 0. The van der Waals surface area contributed by atoms with Crippen molar-refractivity contribution in [2.75, 3.05) is 0 Å². The number of benzene rings is 1. The lowest BCUT2D eigenvalue weighted by Crippen LogP contribution is -1.87. The summed E-state index contributed by atoms with van der Waals surface area (Å²) in [6, 6.07) is 6.24. The second-order valence-corrected chi connectivity index (χ2v) is 2.64. The van der Waals surface area contributed by atoms with Gasteiger partial charge in [0.2, 0.25) is 6.20 Å². The van der Waals surface area contributed by atoms with Crippen LogP contribution in [0.1, 0.15) is 12.5 Å². The van der Waals surface area contributed by atoms with E-state index in [1.54, 1.807) is 19.1 Å². The van der Waals surface area contributed by atoms with E-state index in [2.05, 4.69) is 0 Å². The highest BCUT2D eigenvalue weighted by Gasteiger charge is 1.99. The van der Waals surface area contributed by atoms with Crippen molar-refractivity contribution in [1.82, 2.24) is 0 Å². The van der Waals surface area contributed by atoms with Gasteiger partial charge in [0.25, 0.3) is 0 Å². The summed E-state index contributed by atoms with van der Waals surface area (Å²) in [6.07, 6.45) is 0.937. The highest BCUT2D eigenvalue weighted by Crippen LogP contribution is 2.16. The number of aromatic hydroxyl groups is 1. The summed E-state index contributed by atoms with van der Waals surface area (Å²) >= 11 is 0. The Kier molecular flexibility index (Phi) is 2.64. The van der Waals surface area contributed by atoms with Gasteiger partial charge in [-0.25, -0.2) is 0 Å². The number of hydrogen-bond acceptors (Lipinski definition) is 3. The highest BCUT2D eigenvalue weighted by atomic mass is 16.6. The second kappa shape index (κ2) is 3.71. The molecule has 0 heterocycles. The van der Waals surface area contributed by atoms with Crippen molar-refractivity contribution in [3.8, 4) is 5.75 Å². The van der Waals surface area contributed by atoms with Crippen LogP contribution in [0.4, 0.5) is 0 Å². The Hall–Kier alpha value is -1.84. The van der Waals surface area contributed by atoms with Crippen molar-refractivity contribution >= 4 is 5.57 Å². The number of nitrogens with zero attached hydrogens (tertiary/aromatic N) is 1. The smallest absolute Gasteiger partial charge is 0.237 e. The molecule has 0 spiro atoms. The van der Waals surface area contributed by atoms with E-state index in [1.807, 2.05) is 0 Å². The van der Waals surface area contributed by atoms with Crippen LogP contribution < -0.4 is 0 Å². The molecule has 13 heavy (non-hydrogen) atoms. The van der Waals surface area contributed by atoms with E-state index in [0.717, 1.165) is 11.8 Å². The first-order valence-electron chi connectivity index (χ1n) is 3.71. The molecule has 1 aromatic carbocycles. The average molecular weight is 179 g/mol. The molecule has 0 unspecified atom stereocenters. The van der Waals surface area contributed by atoms with Gasteiger partial charge in [-0.3, -0.25) is 10.1 Å². The van der Waals surface area contributed by atoms with Crippen LogP contribution in [-0.4, -0.2) is 10.0 Å². The summed E-state index contributed by atoms with van der Waals surface area (Å²) in [4.78, 5) is 9.63. The van der Waals surface area contributed by atoms with Gasteiger partial charge in [0, 0.05) is 5.57 Å². The van der Waals surface area contributed by atoms with Crippen LogP contribution in [0.2, 0.25) is 0 Å². The quantitative estimate of drug-likeness (QED) is 0.558. The molecular weight excluding hydrogens is 170 g/mol. The summed E-state index contributed by atoms with van der Waals surface area (Å²) < 4.78 is 0. The lowest BCUT2D eigenvalue weighted by molar-refractivity contribution is -0.401. The van der Waals surface area contributed by atoms with Gasteiger partial charge < -0.3 is 5.11 Å². The molecule has 4 nitrogen and oxygen atoms in total. The number of hydrogen-bond donors (Lipinski definition) is 1. The Labute approximate surface area is 75.3 Å². The monoisotopic (exact) mass is 179 g/mol. The Morgan fingerprint density at radius 3 is 2.46 bits per heavy atom. The SMILES string of the molecule is CC(=C[N+](=O)[O-])c1ccc(O)cc1. The van der Waals surface area contributed by atoms with Crippen molar-refractivity contribution in [3.63, 3.8) is 0 Å². The molecule has 1 aromatic rings. The molecule has 0 saturated carbocycles. The summed E-state index contributed by atoms with van der Waals surface area (Å²) in [5.74, 6) is 0.151. The molecule has 4 heteroatoms. The molecule has 0 atom stereocenters. The molecular formula is C9H9NO3. The number of nitro groups is 1. The summed E-state index contributed by atoms with van der Waals surface area (Å²) in [5.41, 5.74) is 1.29. The van der Waals surface area contributed by atoms with Gasteiger partial charge in [0.15, 0.2) is 0 Å². The third kappa shape index (κ3) is 2.59. The Bertz CT molecular complexity index is 340. The third-order valence-electron chi connectivity index (χ3n) is 1.62. The van der Waals surface area contributed by atoms with Crippen LogP contribution in [0, 0.1) is 10.1 Å². The van der Waals surface area contributed by atoms with Crippen LogP contribution in [0.5, 0.6) is 5.75 Å². The number of allylic oxidation sites excluding steroid dienone is 1. The Morgan fingerprint density at radius 1 is 1.46 bits per heavy atom. The van der Waals surface area contributed by atoms with E-state index < -0.39 is 4.92 Å². The average Bonchev–Trinajstić information content (AvgIpc) is 2.04. The van der Waals surface area contributed by atoms with Crippen molar-refractivity contribution in [3.05, 3.63) is 46.1 Å². The predicted molar refractivity (Wildman–Crippen MR) is 48.8 cm³/mol. The van der Waals surface area contributed by atoms with Gasteiger partial charge in [0.05, 0.1) is 4.92 Å². The Balaban J connectivity index is 2.96. The minimum absolute atomic E-state index is 0.151. The lowest BCUT2D eigenvalue weighted by Gasteiger charge is -1.97. The standard InChI is InChI=1S/C9H9NO3/c1-7(6-10(12)13)8-2-4-9(11)5-3-8/h2-6,11H,1H3. The number of rotatable bonds is 2. The van der Waals surface area contributed by atoms with Gasteiger partial charge >= 0.3 is 0 Å². The zero-order valence-electron chi connectivity index (χ0n) is 7.10. The van der Waals surface area contributed by atoms with E-state index in [4.69, 9.17) is 5.11 Å². The molecule has 0 saturated heterocycles. The molecule has 1 N–H and O–H groups in total. The van der Waals surface area contributed by atoms with Crippen molar-refractivity contribution < 1.29 is 10.0 Å². The van der Waals surface area contributed by atoms with Crippen molar-refractivity contribution in [2.24, 2.45) is 0 Å². The van der Waals surface area contributed by atoms with E-state index in [0.29, 0.717) is 5.57 Å². The molecule has 0 amide bonds. The fourth-order valence-electron chi connectivity index (χ4n) is 0.957. The molecule has 0 aliphatic heterocycles. The van der Waals surface area contributed by atoms with Gasteiger partial charge in [-0.15, -0.1) is 0 Å². The van der Waals surface area contributed by atoms with Crippen LogP contribution >= 0.6 is 0 Å². The maximum absolute atomic E-state index is 10.1. The highest BCUT2D eigenvalue weighted by molar-refractivity contribution is 5.62. The van der Waals surface area contributed by atoms with E-state index in [9.17, 15) is 10.1 Å². The molecule has 68 valence electrons. The molecule has 0 fully saturated rings. The molecule has 0 aliphatic carbocycles. The van der Waals surface area contributed by atoms with Crippen LogP contribution in [-0.2, 0) is 0 Å². The maximum Gasteiger partial charge on any atom is 0.237 e. The molecule has 0 aromatic heterocycles. The van der Waals surface area contributed by atoms with Crippen molar-refractivity contribution in [2.45, 2.75) is 6.92 Å². The second-order valence-electron chi connectivity index (χ2n) is 2.64. The molecule has 0 radical (unpaired) electrons. The topological polar surface area (TPSA) is 63.4 Å². The van der Waals surface area contributed by atoms with Gasteiger partial charge in [-0.2, -0.15) is 0 Å². The first-order chi connectivity index (χ1) is 6.09. The molecule has 0 bridgehead atoms. The van der Waals surface area contributed by atoms with E-state index in [-0.39, 0.29) is 5.75 Å². The minimum atomic E-state index is -0.498. The zero-order chi connectivity index (χ0) is 9.84. The first-order valence-corrected chi connectivity index (χ1v) is 3.71. The largest absolute Gasteiger partial charge is 0.508 e. The fraction of sp³-hybridized carbons (Fsp3) is 0.111. The normalized spacial score (nSPS) is 11.3. The van der Waals surface area contributed by atoms with Gasteiger partial charge in [-0.05, 0) is 24.6 Å². The fourth-order valence-corrected chi connectivity index (χ4v) is 0.957. The number of phenolic OH excluding ortho intramolecular Hbond substituents is 1. The number of phenols is 1.